The number of aryl methyl sites for hydroxylation is 2. The first-order chi connectivity index (χ1) is 15.1. The largest absolute Gasteiger partial charge is 0.424 e. The van der Waals surface area contributed by atoms with Crippen LogP contribution in [0.3, 0.4) is 0 Å². The Morgan fingerprint density at radius 2 is 1.48 bits per heavy atom. The highest BCUT2D eigenvalue weighted by Crippen LogP contribution is 2.24. The molecule has 0 aliphatic carbocycles. The van der Waals surface area contributed by atoms with Crippen LogP contribution in [0, 0.1) is 13.8 Å². The predicted molar refractivity (Wildman–Crippen MR) is 121 cm³/mol. The highest BCUT2D eigenvalue weighted by atomic mass is 16.5. The van der Waals surface area contributed by atoms with Crippen molar-refractivity contribution in [2.75, 3.05) is 0 Å². The molecule has 0 aliphatic rings. The number of amides is 1. The van der Waals surface area contributed by atoms with Gasteiger partial charge in [0, 0.05) is 30.1 Å². The van der Waals surface area contributed by atoms with Gasteiger partial charge in [-0.1, -0.05) is 48.5 Å². The molecular weight excluding hydrogens is 386 g/mol. The van der Waals surface area contributed by atoms with Crippen LogP contribution < -0.4 is 10.1 Å². The highest BCUT2D eigenvalue weighted by molar-refractivity contribution is 5.94. The highest BCUT2D eigenvalue weighted by Gasteiger charge is 2.08. The molecule has 0 saturated heterocycles. The molecule has 0 bridgehead atoms. The molecule has 5 heteroatoms. The molecule has 0 unspecified atom stereocenters. The van der Waals surface area contributed by atoms with E-state index in [9.17, 15) is 4.79 Å². The van der Waals surface area contributed by atoms with Crippen molar-refractivity contribution >= 4 is 5.91 Å². The number of benzene rings is 3. The maximum atomic E-state index is 12.4. The maximum absolute atomic E-state index is 12.4. The van der Waals surface area contributed by atoms with Gasteiger partial charge in [-0.05, 0) is 60.4 Å². The fourth-order valence-electron chi connectivity index (χ4n) is 3.27. The van der Waals surface area contributed by atoms with Crippen LogP contribution in [0.2, 0.25) is 0 Å². The van der Waals surface area contributed by atoms with Gasteiger partial charge in [-0.2, -0.15) is 0 Å². The van der Waals surface area contributed by atoms with E-state index >= 15 is 0 Å². The van der Waals surface area contributed by atoms with Gasteiger partial charge in [0.2, 0.25) is 0 Å². The Hall–Kier alpha value is -3.99. The third kappa shape index (κ3) is 4.95. The van der Waals surface area contributed by atoms with Gasteiger partial charge in [-0.25, -0.2) is 9.97 Å². The van der Waals surface area contributed by atoms with E-state index in [1.54, 1.807) is 36.7 Å². The van der Waals surface area contributed by atoms with Gasteiger partial charge in [-0.15, -0.1) is 0 Å². The summed E-state index contributed by atoms with van der Waals surface area (Å²) in [6.45, 7) is 4.58. The van der Waals surface area contributed by atoms with Crippen LogP contribution in [0.25, 0.3) is 11.1 Å². The standard InChI is InChI=1S/C26H23N3O2/c1-18-7-3-5-9-21(18)15-27-25(30)20-11-13-23(14-12-20)31-26-28-16-22(17-29-26)24-10-6-4-8-19(24)2/h3-14,16-17H,15H2,1-2H3,(H,27,30). The van der Waals surface area contributed by atoms with Crippen molar-refractivity contribution in [2.45, 2.75) is 20.4 Å². The molecule has 4 aromatic rings. The fraction of sp³-hybridized carbons (Fsp3) is 0.115. The minimum atomic E-state index is -0.131. The van der Waals surface area contributed by atoms with Gasteiger partial charge >= 0.3 is 6.01 Å². The van der Waals surface area contributed by atoms with Crippen molar-refractivity contribution in [3.63, 3.8) is 0 Å². The molecule has 0 spiro atoms. The molecule has 1 amide bonds. The van der Waals surface area contributed by atoms with Gasteiger partial charge in [0.25, 0.3) is 5.91 Å². The summed E-state index contributed by atoms with van der Waals surface area (Å²) in [4.78, 5) is 21.0. The molecule has 0 aliphatic heterocycles. The Balaban J connectivity index is 1.37. The quantitative estimate of drug-likeness (QED) is 0.458. The molecule has 4 rings (SSSR count). The molecule has 0 radical (unpaired) electrons. The summed E-state index contributed by atoms with van der Waals surface area (Å²) in [6.07, 6.45) is 3.50. The molecule has 3 aromatic carbocycles. The number of hydrogen-bond donors (Lipinski definition) is 1. The zero-order chi connectivity index (χ0) is 21.6. The summed E-state index contributed by atoms with van der Waals surface area (Å²) in [6, 6.07) is 23.3. The summed E-state index contributed by atoms with van der Waals surface area (Å²) in [5.41, 5.74) is 6.01. The fourth-order valence-corrected chi connectivity index (χ4v) is 3.27. The van der Waals surface area contributed by atoms with Gasteiger partial charge in [0.1, 0.15) is 5.75 Å². The van der Waals surface area contributed by atoms with E-state index in [2.05, 4.69) is 28.3 Å². The average Bonchev–Trinajstić information content (AvgIpc) is 2.80. The third-order valence-electron chi connectivity index (χ3n) is 5.11. The zero-order valence-electron chi connectivity index (χ0n) is 17.5. The van der Waals surface area contributed by atoms with Crippen molar-refractivity contribution in [3.8, 4) is 22.9 Å². The number of carbonyl (C=O) groups is 1. The molecule has 1 heterocycles. The van der Waals surface area contributed by atoms with E-state index in [4.69, 9.17) is 4.74 Å². The number of hydrogen-bond acceptors (Lipinski definition) is 4. The predicted octanol–water partition coefficient (Wildman–Crippen LogP) is 5.48. The molecule has 1 N–H and O–H groups in total. The van der Waals surface area contributed by atoms with E-state index < -0.39 is 0 Å². The van der Waals surface area contributed by atoms with E-state index in [1.165, 1.54) is 0 Å². The van der Waals surface area contributed by atoms with Gasteiger partial charge in [0.05, 0.1) is 0 Å². The molecule has 154 valence electrons. The maximum Gasteiger partial charge on any atom is 0.321 e. The molecule has 1 aromatic heterocycles. The zero-order valence-corrected chi connectivity index (χ0v) is 17.5. The van der Waals surface area contributed by atoms with E-state index in [1.807, 2.05) is 49.4 Å². The number of ether oxygens (including phenoxy) is 1. The lowest BCUT2D eigenvalue weighted by molar-refractivity contribution is 0.0951. The van der Waals surface area contributed by atoms with Gasteiger partial charge < -0.3 is 10.1 Å². The average molecular weight is 409 g/mol. The monoisotopic (exact) mass is 409 g/mol. The molecule has 31 heavy (non-hydrogen) atoms. The van der Waals surface area contributed by atoms with Crippen LogP contribution >= 0.6 is 0 Å². The number of rotatable bonds is 6. The Kier molecular flexibility index (Phi) is 6.03. The second kappa shape index (κ2) is 9.22. The Morgan fingerprint density at radius 1 is 0.839 bits per heavy atom. The van der Waals surface area contributed by atoms with Gasteiger partial charge in [-0.3, -0.25) is 4.79 Å². The van der Waals surface area contributed by atoms with Crippen LogP contribution in [0.5, 0.6) is 11.8 Å². The van der Waals surface area contributed by atoms with Crippen LogP contribution in [0.15, 0.2) is 85.2 Å². The summed E-state index contributed by atoms with van der Waals surface area (Å²) >= 11 is 0. The smallest absolute Gasteiger partial charge is 0.321 e. The summed E-state index contributed by atoms with van der Waals surface area (Å²) < 4.78 is 5.73. The third-order valence-corrected chi connectivity index (χ3v) is 5.11. The van der Waals surface area contributed by atoms with Gasteiger partial charge in [0.15, 0.2) is 0 Å². The number of nitrogens with zero attached hydrogens (tertiary/aromatic N) is 2. The van der Waals surface area contributed by atoms with E-state index in [0.29, 0.717) is 17.9 Å². The number of carbonyl (C=O) groups excluding carboxylic acids is 1. The van der Waals surface area contributed by atoms with Crippen molar-refractivity contribution in [3.05, 3.63) is 107 Å². The first-order valence-corrected chi connectivity index (χ1v) is 10.1. The van der Waals surface area contributed by atoms with E-state index in [0.717, 1.165) is 27.8 Å². The minimum absolute atomic E-state index is 0.131. The van der Waals surface area contributed by atoms with Crippen molar-refractivity contribution < 1.29 is 9.53 Å². The molecule has 0 atom stereocenters. The normalized spacial score (nSPS) is 10.5. The lowest BCUT2D eigenvalue weighted by atomic mass is 10.0. The summed E-state index contributed by atoms with van der Waals surface area (Å²) in [5, 5.41) is 2.95. The molecule has 5 nitrogen and oxygen atoms in total. The molecular formula is C26H23N3O2. The Morgan fingerprint density at radius 3 is 2.16 bits per heavy atom. The Labute approximate surface area is 181 Å². The van der Waals surface area contributed by atoms with E-state index in [-0.39, 0.29) is 11.9 Å². The topological polar surface area (TPSA) is 64.1 Å². The molecule has 0 fully saturated rings. The lowest BCUT2D eigenvalue weighted by Crippen LogP contribution is -2.23. The Bertz CT molecular complexity index is 1190. The van der Waals surface area contributed by atoms with Crippen molar-refractivity contribution in [1.29, 1.82) is 0 Å². The lowest BCUT2D eigenvalue weighted by Gasteiger charge is -2.09. The van der Waals surface area contributed by atoms with Crippen LogP contribution in [0.1, 0.15) is 27.0 Å². The first kappa shape index (κ1) is 20.3. The number of aromatic nitrogens is 2. The summed E-state index contributed by atoms with van der Waals surface area (Å²) in [7, 11) is 0. The number of nitrogens with one attached hydrogen (secondary N) is 1. The second-order valence-corrected chi connectivity index (χ2v) is 7.30. The van der Waals surface area contributed by atoms with Crippen molar-refractivity contribution in [2.24, 2.45) is 0 Å². The van der Waals surface area contributed by atoms with Crippen LogP contribution in [-0.2, 0) is 6.54 Å². The van der Waals surface area contributed by atoms with Crippen LogP contribution in [-0.4, -0.2) is 15.9 Å². The second-order valence-electron chi connectivity index (χ2n) is 7.30. The minimum Gasteiger partial charge on any atom is -0.424 e. The molecule has 0 saturated carbocycles. The summed E-state index contributed by atoms with van der Waals surface area (Å²) in [5.74, 6) is 0.438. The van der Waals surface area contributed by atoms with Crippen molar-refractivity contribution in [1.82, 2.24) is 15.3 Å². The van der Waals surface area contributed by atoms with Crippen LogP contribution in [0.4, 0.5) is 0 Å². The SMILES string of the molecule is Cc1ccccc1CNC(=O)c1ccc(Oc2ncc(-c3ccccc3C)cn2)cc1. The first-order valence-electron chi connectivity index (χ1n) is 10.1.